The summed E-state index contributed by atoms with van der Waals surface area (Å²) in [7, 11) is 0. The molecule has 0 aliphatic rings. The van der Waals surface area contributed by atoms with Gasteiger partial charge in [0.2, 0.25) is 0 Å². The maximum Gasteiger partial charge on any atom is 0.310 e. The number of carbonyl (C=O) groups excluding carboxylic acids is 1. The van der Waals surface area contributed by atoms with Gasteiger partial charge in [0.25, 0.3) is 0 Å². The van der Waals surface area contributed by atoms with Gasteiger partial charge in [-0.05, 0) is 36.4 Å². The first-order valence-corrected chi connectivity index (χ1v) is 9.88. The van der Waals surface area contributed by atoms with E-state index in [4.69, 9.17) is 14.7 Å². The summed E-state index contributed by atoms with van der Waals surface area (Å²) >= 11 is 0. The Morgan fingerprint density at radius 1 is 1.03 bits per heavy atom. The van der Waals surface area contributed by atoms with Crippen molar-refractivity contribution >= 4 is 33.7 Å². The van der Waals surface area contributed by atoms with Crippen LogP contribution in [-0.2, 0) is 11.2 Å². The van der Waals surface area contributed by atoms with Crippen LogP contribution in [0, 0.1) is 5.82 Å². The molecule has 0 fully saturated rings. The number of carbonyl (C=O) groups is 1. The van der Waals surface area contributed by atoms with Crippen LogP contribution < -0.4 is 4.74 Å². The van der Waals surface area contributed by atoms with Crippen LogP contribution in [0.15, 0.2) is 54.7 Å². The number of para-hydroxylation sites is 2. The number of nitrogens with zero attached hydrogens (tertiary/aromatic N) is 4. The molecule has 0 bridgehead atoms. The van der Waals surface area contributed by atoms with E-state index in [1.807, 2.05) is 40.2 Å². The zero-order valence-electron chi connectivity index (χ0n) is 16.6. The summed E-state index contributed by atoms with van der Waals surface area (Å²) in [5.41, 5.74) is 3.79. The Bertz CT molecular complexity index is 1420. The van der Waals surface area contributed by atoms with E-state index in [9.17, 15) is 9.18 Å². The molecule has 0 atom stereocenters. The van der Waals surface area contributed by atoms with E-state index in [0.717, 1.165) is 22.5 Å². The summed E-state index contributed by atoms with van der Waals surface area (Å²) in [5, 5.41) is 0.648. The van der Waals surface area contributed by atoms with E-state index in [0.29, 0.717) is 28.9 Å². The van der Waals surface area contributed by atoms with Crippen molar-refractivity contribution in [3.05, 3.63) is 66.4 Å². The van der Waals surface area contributed by atoms with Crippen LogP contribution in [0.3, 0.4) is 0 Å². The summed E-state index contributed by atoms with van der Waals surface area (Å²) in [4.78, 5) is 21.8. The molecule has 2 aromatic carbocycles. The molecule has 30 heavy (non-hydrogen) atoms. The van der Waals surface area contributed by atoms with E-state index < -0.39 is 0 Å². The van der Waals surface area contributed by atoms with Crippen LogP contribution in [0.25, 0.3) is 33.4 Å². The second kappa shape index (κ2) is 6.95. The molecule has 0 N–H and O–H groups in total. The van der Waals surface area contributed by atoms with Gasteiger partial charge in [-0.25, -0.2) is 14.4 Å². The molecule has 0 radical (unpaired) electrons. The number of benzene rings is 2. The van der Waals surface area contributed by atoms with E-state index in [1.165, 1.54) is 12.1 Å². The SMILES string of the molecule is CCC(=O)Oc1cn(-c2ccc(F)cc2)c2nc(CC)n3c4ccccc4nc3c12. The highest BCUT2D eigenvalue weighted by atomic mass is 19.1. The molecule has 7 heteroatoms. The number of aromatic nitrogens is 4. The van der Waals surface area contributed by atoms with Gasteiger partial charge in [-0.3, -0.25) is 13.8 Å². The number of hydrogen-bond acceptors (Lipinski definition) is 4. The van der Waals surface area contributed by atoms with Crippen molar-refractivity contribution in [1.29, 1.82) is 0 Å². The van der Waals surface area contributed by atoms with Gasteiger partial charge in [0, 0.05) is 18.5 Å². The summed E-state index contributed by atoms with van der Waals surface area (Å²) < 4.78 is 23.0. The molecule has 0 amide bonds. The smallest absolute Gasteiger partial charge is 0.310 e. The molecule has 6 nitrogen and oxygen atoms in total. The molecule has 0 aliphatic carbocycles. The number of rotatable bonds is 4. The van der Waals surface area contributed by atoms with Gasteiger partial charge in [0.05, 0.1) is 17.2 Å². The molecule has 3 heterocycles. The van der Waals surface area contributed by atoms with Gasteiger partial charge < -0.3 is 4.74 Å². The third-order valence-electron chi connectivity index (χ3n) is 5.16. The Morgan fingerprint density at radius 2 is 1.80 bits per heavy atom. The largest absolute Gasteiger partial charge is 0.424 e. The van der Waals surface area contributed by atoms with Crippen molar-refractivity contribution in [2.45, 2.75) is 26.7 Å². The summed E-state index contributed by atoms with van der Waals surface area (Å²) in [6.45, 7) is 3.78. The Kier molecular flexibility index (Phi) is 4.24. The van der Waals surface area contributed by atoms with Crippen LogP contribution in [0.4, 0.5) is 4.39 Å². The summed E-state index contributed by atoms with van der Waals surface area (Å²) in [6.07, 6.45) is 2.65. The van der Waals surface area contributed by atoms with Gasteiger partial charge in [-0.2, -0.15) is 0 Å². The summed E-state index contributed by atoms with van der Waals surface area (Å²) in [5.74, 6) is 0.552. The molecule has 5 aromatic rings. The van der Waals surface area contributed by atoms with Gasteiger partial charge >= 0.3 is 5.97 Å². The number of fused-ring (bicyclic) bond motifs is 5. The number of ether oxygens (including phenoxy) is 1. The lowest BCUT2D eigenvalue weighted by atomic mass is 10.3. The van der Waals surface area contributed by atoms with E-state index in [1.54, 1.807) is 25.3 Å². The number of imidazole rings is 1. The molecule has 5 rings (SSSR count). The average molecular weight is 402 g/mol. The Balaban J connectivity index is 1.91. The van der Waals surface area contributed by atoms with Gasteiger partial charge in [-0.1, -0.05) is 26.0 Å². The maximum atomic E-state index is 13.5. The number of hydrogen-bond donors (Lipinski definition) is 0. The number of halogens is 1. The number of aryl methyl sites for hydroxylation is 1. The average Bonchev–Trinajstić information content (AvgIpc) is 3.32. The van der Waals surface area contributed by atoms with Crippen LogP contribution in [-0.4, -0.2) is 24.9 Å². The van der Waals surface area contributed by atoms with Crippen LogP contribution in [0.2, 0.25) is 0 Å². The minimum atomic E-state index is -0.345. The molecule has 150 valence electrons. The maximum absolute atomic E-state index is 13.5. The highest BCUT2D eigenvalue weighted by Gasteiger charge is 2.22. The first-order valence-electron chi connectivity index (χ1n) is 9.88. The van der Waals surface area contributed by atoms with Crippen molar-refractivity contribution < 1.29 is 13.9 Å². The highest BCUT2D eigenvalue weighted by molar-refractivity contribution is 6.01. The van der Waals surface area contributed by atoms with Gasteiger partial charge in [0.15, 0.2) is 17.0 Å². The third-order valence-corrected chi connectivity index (χ3v) is 5.16. The molecule has 0 aliphatic heterocycles. The van der Waals surface area contributed by atoms with Crippen molar-refractivity contribution in [1.82, 2.24) is 18.9 Å². The third kappa shape index (κ3) is 2.74. The predicted octanol–water partition coefficient (Wildman–Crippen LogP) is 4.84. The van der Waals surface area contributed by atoms with Crippen LogP contribution in [0.5, 0.6) is 5.75 Å². The lowest BCUT2D eigenvalue weighted by Gasteiger charge is -2.08. The Labute approximate surface area is 171 Å². The van der Waals surface area contributed by atoms with Gasteiger partial charge in [-0.15, -0.1) is 0 Å². The molecule has 0 unspecified atom stereocenters. The molecule has 0 saturated carbocycles. The van der Waals surface area contributed by atoms with Crippen LogP contribution >= 0.6 is 0 Å². The van der Waals surface area contributed by atoms with Crippen LogP contribution in [0.1, 0.15) is 26.1 Å². The monoisotopic (exact) mass is 402 g/mol. The molecular formula is C23H19FN4O2. The lowest BCUT2D eigenvalue weighted by molar-refractivity contribution is -0.133. The van der Waals surface area contributed by atoms with Crippen molar-refractivity contribution in [3.63, 3.8) is 0 Å². The second-order valence-corrected chi connectivity index (χ2v) is 7.01. The molecule has 0 saturated heterocycles. The Morgan fingerprint density at radius 3 is 2.53 bits per heavy atom. The molecule has 3 aromatic heterocycles. The Hall–Kier alpha value is -3.74. The molecular weight excluding hydrogens is 383 g/mol. The summed E-state index contributed by atoms with van der Waals surface area (Å²) in [6, 6.07) is 14.0. The highest BCUT2D eigenvalue weighted by Crippen LogP contribution is 2.35. The zero-order chi connectivity index (χ0) is 20.8. The van der Waals surface area contributed by atoms with E-state index in [2.05, 4.69) is 0 Å². The van der Waals surface area contributed by atoms with E-state index in [-0.39, 0.29) is 18.2 Å². The van der Waals surface area contributed by atoms with Gasteiger partial charge in [0.1, 0.15) is 17.0 Å². The van der Waals surface area contributed by atoms with E-state index >= 15 is 0 Å². The predicted molar refractivity (Wildman–Crippen MR) is 113 cm³/mol. The fraction of sp³-hybridized carbons (Fsp3) is 0.174. The molecule has 0 spiro atoms. The van der Waals surface area contributed by atoms with Crippen molar-refractivity contribution in [2.75, 3.05) is 0 Å². The first kappa shape index (κ1) is 18.3. The van der Waals surface area contributed by atoms with Crippen molar-refractivity contribution in [3.8, 4) is 11.4 Å². The quantitative estimate of drug-likeness (QED) is 0.404. The fourth-order valence-corrected chi connectivity index (χ4v) is 3.73. The lowest BCUT2D eigenvalue weighted by Crippen LogP contribution is -2.06. The standard InChI is InChI=1S/C23H19FN4O2/c1-3-19-26-22-21(23-25-16-7-5-6-8-17(16)28(19)23)18(30-20(29)4-2)13-27(22)15-11-9-14(24)10-12-15/h5-13H,3-4H2,1-2H3. The number of esters is 1. The first-order chi connectivity index (χ1) is 14.6. The minimum Gasteiger partial charge on any atom is -0.424 e. The van der Waals surface area contributed by atoms with Crippen molar-refractivity contribution in [2.24, 2.45) is 0 Å². The zero-order valence-corrected chi connectivity index (χ0v) is 16.6. The fourth-order valence-electron chi connectivity index (χ4n) is 3.73. The minimum absolute atomic E-state index is 0.246. The topological polar surface area (TPSA) is 61.4 Å². The normalized spacial score (nSPS) is 11.6. The second-order valence-electron chi connectivity index (χ2n) is 7.01.